The van der Waals surface area contributed by atoms with Crippen LogP contribution in [0.25, 0.3) is 0 Å². The minimum Gasteiger partial charge on any atom is -0.482 e. The molecule has 2 rings (SSSR count). The first-order valence-electron chi connectivity index (χ1n) is 6.88. The number of hydrogen-bond acceptors (Lipinski definition) is 4. The van der Waals surface area contributed by atoms with Crippen molar-refractivity contribution < 1.29 is 23.1 Å². The van der Waals surface area contributed by atoms with Crippen molar-refractivity contribution in [1.82, 2.24) is 4.31 Å². The third-order valence-corrected chi connectivity index (χ3v) is 5.53. The molecule has 1 aliphatic rings. The van der Waals surface area contributed by atoms with E-state index in [2.05, 4.69) is 6.92 Å². The fourth-order valence-electron chi connectivity index (χ4n) is 2.35. The summed E-state index contributed by atoms with van der Waals surface area (Å²) in [5.74, 6) is -0.309. The fraction of sp³-hybridized carbons (Fsp3) is 0.500. The van der Waals surface area contributed by atoms with Crippen LogP contribution in [0.3, 0.4) is 0 Å². The molecule has 21 heavy (non-hydrogen) atoms. The van der Waals surface area contributed by atoms with Gasteiger partial charge in [-0.25, -0.2) is 13.2 Å². The molecule has 1 aliphatic heterocycles. The third kappa shape index (κ3) is 3.74. The van der Waals surface area contributed by atoms with Crippen molar-refractivity contribution in [3.63, 3.8) is 0 Å². The van der Waals surface area contributed by atoms with E-state index >= 15 is 0 Å². The topological polar surface area (TPSA) is 83.9 Å². The smallest absolute Gasteiger partial charge is 0.341 e. The predicted octanol–water partition coefficient (Wildman–Crippen LogP) is 1.57. The molecule has 0 radical (unpaired) electrons. The lowest BCUT2D eigenvalue weighted by Crippen LogP contribution is -2.28. The Bertz CT molecular complexity index is 596. The predicted molar refractivity (Wildman–Crippen MR) is 76.7 cm³/mol. The lowest BCUT2D eigenvalue weighted by Gasteiger charge is -2.16. The van der Waals surface area contributed by atoms with E-state index in [1.807, 2.05) is 0 Å². The summed E-state index contributed by atoms with van der Waals surface area (Å²) in [6.07, 6.45) is 1.88. The van der Waals surface area contributed by atoms with Gasteiger partial charge in [0.2, 0.25) is 10.0 Å². The van der Waals surface area contributed by atoms with Crippen molar-refractivity contribution in [1.29, 1.82) is 0 Å². The van der Waals surface area contributed by atoms with Crippen molar-refractivity contribution in [2.45, 2.75) is 24.7 Å². The molecule has 1 aromatic rings. The zero-order valence-electron chi connectivity index (χ0n) is 11.9. The molecule has 1 fully saturated rings. The maximum absolute atomic E-state index is 12.5. The van der Waals surface area contributed by atoms with Crippen LogP contribution < -0.4 is 4.74 Å². The summed E-state index contributed by atoms with van der Waals surface area (Å²) in [6.45, 7) is 2.74. The van der Waals surface area contributed by atoms with Gasteiger partial charge < -0.3 is 9.84 Å². The number of carboxylic acids is 1. The Labute approximate surface area is 124 Å². The first kappa shape index (κ1) is 15.8. The van der Waals surface area contributed by atoms with Crippen molar-refractivity contribution >= 4 is 16.0 Å². The highest BCUT2D eigenvalue weighted by atomic mass is 32.2. The van der Waals surface area contributed by atoms with Gasteiger partial charge in [0.1, 0.15) is 5.75 Å². The van der Waals surface area contributed by atoms with Crippen LogP contribution in [-0.2, 0) is 14.8 Å². The molecule has 116 valence electrons. The van der Waals surface area contributed by atoms with Crippen LogP contribution in [0.4, 0.5) is 0 Å². The second-order valence-electron chi connectivity index (χ2n) is 5.08. The molecule has 0 saturated carbocycles. The Morgan fingerprint density at radius 3 is 2.57 bits per heavy atom. The van der Waals surface area contributed by atoms with E-state index in [4.69, 9.17) is 9.84 Å². The van der Waals surface area contributed by atoms with Gasteiger partial charge in [-0.2, -0.15) is 4.31 Å². The van der Waals surface area contributed by atoms with Gasteiger partial charge in [-0.1, -0.05) is 13.3 Å². The van der Waals surface area contributed by atoms with Gasteiger partial charge in [-0.05, 0) is 36.6 Å². The average molecular weight is 313 g/mol. The SMILES string of the molecule is CCC1CCN(S(=O)(=O)c2ccc(OCC(=O)O)cc2)C1. The number of nitrogens with zero attached hydrogens (tertiary/aromatic N) is 1. The van der Waals surface area contributed by atoms with Crippen LogP contribution in [0, 0.1) is 5.92 Å². The number of carboxylic acid groups (broad SMARTS) is 1. The largest absolute Gasteiger partial charge is 0.482 e. The number of rotatable bonds is 6. The molecule has 0 amide bonds. The maximum atomic E-state index is 12.5. The Kier molecular flexibility index (Phi) is 4.84. The normalized spacial score (nSPS) is 19.6. The highest BCUT2D eigenvalue weighted by Gasteiger charge is 2.31. The Balaban J connectivity index is 2.08. The summed E-state index contributed by atoms with van der Waals surface area (Å²) in [6, 6.07) is 5.85. The number of ether oxygens (including phenoxy) is 1. The zero-order valence-corrected chi connectivity index (χ0v) is 12.7. The van der Waals surface area contributed by atoms with E-state index in [0.717, 1.165) is 12.8 Å². The number of hydrogen-bond donors (Lipinski definition) is 1. The van der Waals surface area contributed by atoms with Crippen LogP contribution in [0.5, 0.6) is 5.75 Å². The van der Waals surface area contributed by atoms with Crippen molar-refractivity contribution in [3.8, 4) is 5.75 Å². The first-order valence-corrected chi connectivity index (χ1v) is 8.32. The molecule has 1 saturated heterocycles. The van der Waals surface area contributed by atoms with E-state index in [9.17, 15) is 13.2 Å². The van der Waals surface area contributed by atoms with Gasteiger partial charge in [0.05, 0.1) is 4.90 Å². The van der Waals surface area contributed by atoms with Gasteiger partial charge in [-0.3, -0.25) is 0 Å². The molecule has 0 spiro atoms. The number of benzene rings is 1. The second kappa shape index (κ2) is 6.44. The molecular weight excluding hydrogens is 294 g/mol. The number of sulfonamides is 1. The average Bonchev–Trinajstić information content (AvgIpc) is 2.95. The Hall–Kier alpha value is -1.60. The van der Waals surface area contributed by atoms with E-state index in [1.54, 1.807) is 0 Å². The summed E-state index contributed by atoms with van der Waals surface area (Å²) >= 11 is 0. The summed E-state index contributed by atoms with van der Waals surface area (Å²) in [4.78, 5) is 10.6. The van der Waals surface area contributed by atoms with Crippen LogP contribution in [0.2, 0.25) is 0 Å². The quantitative estimate of drug-likeness (QED) is 0.862. The third-order valence-electron chi connectivity index (χ3n) is 3.65. The van der Waals surface area contributed by atoms with Crippen molar-refractivity contribution in [2.75, 3.05) is 19.7 Å². The maximum Gasteiger partial charge on any atom is 0.341 e. The van der Waals surface area contributed by atoms with Crippen LogP contribution in [0.1, 0.15) is 19.8 Å². The molecule has 1 unspecified atom stereocenters. The summed E-state index contributed by atoms with van der Waals surface area (Å²) in [7, 11) is -3.47. The van der Waals surface area contributed by atoms with Crippen molar-refractivity contribution in [2.24, 2.45) is 5.92 Å². The van der Waals surface area contributed by atoms with Gasteiger partial charge >= 0.3 is 5.97 Å². The van der Waals surface area contributed by atoms with E-state index in [0.29, 0.717) is 24.8 Å². The van der Waals surface area contributed by atoms with Crippen molar-refractivity contribution in [3.05, 3.63) is 24.3 Å². The van der Waals surface area contributed by atoms with Gasteiger partial charge in [-0.15, -0.1) is 0 Å². The monoisotopic (exact) mass is 313 g/mol. The fourth-order valence-corrected chi connectivity index (χ4v) is 3.88. The van der Waals surface area contributed by atoms with Crippen LogP contribution >= 0.6 is 0 Å². The van der Waals surface area contributed by atoms with Gasteiger partial charge in [0.25, 0.3) is 0 Å². The lowest BCUT2D eigenvalue weighted by atomic mass is 10.1. The minimum atomic E-state index is -3.47. The molecular formula is C14H19NO5S. The molecule has 1 N–H and O–H groups in total. The molecule has 7 heteroatoms. The molecule has 0 aromatic heterocycles. The Morgan fingerprint density at radius 2 is 2.05 bits per heavy atom. The molecule has 1 atom stereocenters. The van der Waals surface area contributed by atoms with E-state index < -0.39 is 22.6 Å². The standard InChI is InChI=1S/C14H19NO5S/c1-2-11-7-8-15(9-11)21(18,19)13-5-3-12(4-6-13)20-10-14(16)17/h3-6,11H,2,7-10H2,1H3,(H,16,17). The molecule has 0 bridgehead atoms. The zero-order chi connectivity index (χ0) is 15.5. The lowest BCUT2D eigenvalue weighted by molar-refractivity contribution is -0.139. The number of carbonyl (C=O) groups is 1. The first-order chi connectivity index (χ1) is 9.93. The number of aliphatic carboxylic acids is 1. The van der Waals surface area contributed by atoms with E-state index in [-0.39, 0.29) is 4.90 Å². The van der Waals surface area contributed by atoms with E-state index in [1.165, 1.54) is 28.6 Å². The molecule has 6 nitrogen and oxygen atoms in total. The molecule has 1 aromatic carbocycles. The highest BCUT2D eigenvalue weighted by Crippen LogP contribution is 2.26. The van der Waals surface area contributed by atoms with Crippen LogP contribution in [0.15, 0.2) is 29.2 Å². The van der Waals surface area contributed by atoms with Crippen LogP contribution in [-0.4, -0.2) is 43.5 Å². The molecule has 0 aliphatic carbocycles. The second-order valence-corrected chi connectivity index (χ2v) is 7.02. The highest BCUT2D eigenvalue weighted by molar-refractivity contribution is 7.89. The minimum absolute atomic E-state index is 0.210. The Morgan fingerprint density at radius 1 is 1.38 bits per heavy atom. The summed E-state index contributed by atoms with van der Waals surface area (Å²) in [5.41, 5.74) is 0. The summed E-state index contributed by atoms with van der Waals surface area (Å²) < 4.78 is 31.4. The van der Waals surface area contributed by atoms with Gasteiger partial charge in [0, 0.05) is 13.1 Å². The van der Waals surface area contributed by atoms with Gasteiger partial charge in [0.15, 0.2) is 6.61 Å². The summed E-state index contributed by atoms with van der Waals surface area (Å²) in [5, 5.41) is 8.52. The molecule has 1 heterocycles.